The van der Waals surface area contributed by atoms with E-state index < -0.39 is 12.1 Å². The lowest BCUT2D eigenvalue weighted by atomic mass is 10.0. The van der Waals surface area contributed by atoms with Gasteiger partial charge in [0.05, 0.1) is 23.9 Å². The van der Waals surface area contributed by atoms with Gasteiger partial charge in [-0.1, -0.05) is 82.7 Å². The normalized spacial score (nSPS) is 11.0. The Hall–Kier alpha value is -1.69. The van der Waals surface area contributed by atoms with Crippen LogP contribution in [0.1, 0.15) is 114 Å². The molecule has 0 saturated heterocycles. The molecule has 178 valence electrons. The minimum absolute atomic E-state index is 0.0160. The van der Waals surface area contributed by atoms with Crippen molar-refractivity contribution in [3.05, 3.63) is 22.5 Å². The molecular formula is C24H40ClNO5. The lowest BCUT2D eigenvalue weighted by molar-refractivity contribution is 0.0228. The van der Waals surface area contributed by atoms with Crippen molar-refractivity contribution < 1.29 is 23.9 Å². The largest absolute Gasteiger partial charge is 0.534 e. The summed E-state index contributed by atoms with van der Waals surface area (Å²) in [6.07, 6.45) is 14.9. The lowest BCUT2D eigenvalue weighted by Gasteiger charge is -2.10. The quantitative estimate of drug-likeness (QED) is 0.195. The SMILES string of the molecule is CCCCCCCCCCCCCc1cn(OC(=O)OC(C)C)c(C(=O)OCC)c1Cl. The minimum atomic E-state index is -0.895. The van der Waals surface area contributed by atoms with Crippen LogP contribution in [-0.2, 0) is 15.9 Å². The first kappa shape index (κ1) is 27.3. The van der Waals surface area contributed by atoms with Gasteiger partial charge in [-0.3, -0.25) is 0 Å². The number of hydrogen-bond acceptors (Lipinski definition) is 5. The summed E-state index contributed by atoms with van der Waals surface area (Å²) >= 11 is 6.43. The van der Waals surface area contributed by atoms with Crippen LogP contribution in [0.15, 0.2) is 6.20 Å². The van der Waals surface area contributed by atoms with E-state index in [9.17, 15) is 9.59 Å². The molecule has 1 rings (SSSR count). The third kappa shape index (κ3) is 10.9. The molecule has 0 unspecified atom stereocenters. The molecule has 0 aliphatic heterocycles. The van der Waals surface area contributed by atoms with Crippen LogP contribution in [-0.4, -0.2) is 29.6 Å². The van der Waals surface area contributed by atoms with Gasteiger partial charge >= 0.3 is 12.1 Å². The van der Waals surface area contributed by atoms with E-state index in [1.54, 1.807) is 27.0 Å². The van der Waals surface area contributed by atoms with Crippen molar-refractivity contribution in [2.45, 2.75) is 111 Å². The third-order valence-electron chi connectivity index (χ3n) is 5.01. The fraction of sp³-hybridized carbons (Fsp3) is 0.750. The second-order valence-electron chi connectivity index (χ2n) is 8.16. The van der Waals surface area contributed by atoms with Crippen LogP contribution in [0.3, 0.4) is 0 Å². The number of carbonyl (C=O) groups excluding carboxylic acids is 2. The second-order valence-corrected chi connectivity index (χ2v) is 8.53. The third-order valence-corrected chi connectivity index (χ3v) is 5.43. The van der Waals surface area contributed by atoms with Crippen LogP contribution in [0.5, 0.6) is 0 Å². The van der Waals surface area contributed by atoms with Crippen molar-refractivity contribution in [2.24, 2.45) is 0 Å². The number of nitrogens with zero attached hydrogens (tertiary/aromatic N) is 1. The average Bonchev–Trinajstić information content (AvgIpc) is 3.00. The molecule has 0 aliphatic carbocycles. The van der Waals surface area contributed by atoms with Crippen LogP contribution in [0, 0.1) is 0 Å². The Kier molecular flexibility index (Phi) is 14.1. The molecule has 0 spiro atoms. The molecule has 0 atom stereocenters. The lowest BCUT2D eigenvalue weighted by Crippen LogP contribution is -2.26. The number of aryl methyl sites for hydroxylation is 1. The standard InChI is InChI=1S/C24H40ClNO5/c1-5-7-8-9-10-11-12-13-14-15-16-17-20-18-26(31-24(28)30-19(3)4)22(21(20)25)23(27)29-6-2/h18-19H,5-17H2,1-4H3. The van der Waals surface area contributed by atoms with Crippen LogP contribution in [0.4, 0.5) is 4.79 Å². The molecule has 7 heteroatoms. The molecular weight excluding hydrogens is 418 g/mol. The maximum atomic E-state index is 12.3. The number of unbranched alkanes of at least 4 members (excludes halogenated alkanes) is 10. The van der Waals surface area contributed by atoms with Crippen LogP contribution in [0.25, 0.3) is 0 Å². The highest BCUT2D eigenvalue weighted by molar-refractivity contribution is 6.34. The van der Waals surface area contributed by atoms with Gasteiger partial charge in [-0.05, 0) is 39.2 Å². The van der Waals surface area contributed by atoms with E-state index in [2.05, 4.69) is 6.92 Å². The zero-order valence-corrected chi connectivity index (χ0v) is 20.5. The zero-order valence-electron chi connectivity index (χ0n) is 19.7. The number of hydrogen-bond donors (Lipinski definition) is 0. The molecule has 1 aromatic heterocycles. The predicted molar refractivity (Wildman–Crippen MR) is 124 cm³/mol. The van der Waals surface area contributed by atoms with Gasteiger partial charge in [0.1, 0.15) is 0 Å². The van der Waals surface area contributed by atoms with Gasteiger partial charge in [0.25, 0.3) is 0 Å². The van der Waals surface area contributed by atoms with Crippen LogP contribution < -0.4 is 4.84 Å². The van der Waals surface area contributed by atoms with Crippen LogP contribution >= 0.6 is 11.6 Å². The summed E-state index contributed by atoms with van der Waals surface area (Å²) in [6, 6.07) is 0. The molecule has 0 bridgehead atoms. The summed E-state index contributed by atoms with van der Waals surface area (Å²) in [5, 5.41) is 0.267. The van der Waals surface area contributed by atoms with Gasteiger partial charge in [-0.2, -0.15) is 4.73 Å². The molecule has 0 saturated carbocycles. The first-order valence-electron chi connectivity index (χ1n) is 11.9. The summed E-state index contributed by atoms with van der Waals surface area (Å²) < 4.78 is 11.1. The van der Waals surface area contributed by atoms with Crippen molar-refractivity contribution in [1.29, 1.82) is 0 Å². The monoisotopic (exact) mass is 457 g/mol. The summed E-state index contributed by atoms with van der Waals surface area (Å²) in [5.74, 6) is -0.630. The smallest absolute Gasteiger partial charge is 0.461 e. The molecule has 1 aromatic rings. The van der Waals surface area contributed by atoms with Crippen molar-refractivity contribution in [1.82, 2.24) is 4.73 Å². The molecule has 0 fully saturated rings. The van der Waals surface area contributed by atoms with E-state index in [1.165, 1.54) is 57.8 Å². The molecule has 0 aliphatic rings. The number of rotatable bonds is 16. The molecule has 0 radical (unpaired) electrons. The van der Waals surface area contributed by atoms with Gasteiger partial charge in [0, 0.05) is 0 Å². The fourth-order valence-corrected chi connectivity index (χ4v) is 3.71. The van der Waals surface area contributed by atoms with Crippen LogP contribution in [0.2, 0.25) is 5.02 Å². The Bertz CT molecular complexity index is 657. The molecule has 0 amide bonds. The fourth-order valence-electron chi connectivity index (χ4n) is 3.41. The summed E-state index contributed by atoms with van der Waals surface area (Å²) in [7, 11) is 0. The minimum Gasteiger partial charge on any atom is -0.461 e. The average molecular weight is 458 g/mol. The van der Waals surface area contributed by atoms with Crippen molar-refractivity contribution in [3.63, 3.8) is 0 Å². The molecule has 31 heavy (non-hydrogen) atoms. The maximum Gasteiger partial charge on any atom is 0.534 e. The Morgan fingerprint density at radius 1 is 0.935 bits per heavy atom. The van der Waals surface area contributed by atoms with E-state index in [0.717, 1.165) is 23.1 Å². The van der Waals surface area contributed by atoms with Gasteiger partial charge in [0.2, 0.25) is 0 Å². The Morgan fingerprint density at radius 2 is 1.48 bits per heavy atom. The topological polar surface area (TPSA) is 66.8 Å². The zero-order chi connectivity index (χ0) is 23.1. The Labute approximate surface area is 192 Å². The molecule has 0 N–H and O–H groups in total. The number of aromatic nitrogens is 1. The summed E-state index contributed by atoms with van der Waals surface area (Å²) in [6.45, 7) is 7.58. The first-order valence-corrected chi connectivity index (χ1v) is 12.2. The summed E-state index contributed by atoms with van der Waals surface area (Å²) in [4.78, 5) is 29.3. The number of ether oxygens (including phenoxy) is 2. The van der Waals surface area contributed by atoms with Gasteiger partial charge in [0.15, 0.2) is 5.69 Å². The first-order chi connectivity index (χ1) is 14.9. The number of halogens is 1. The van der Waals surface area contributed by atoms with Gasteiger partial charge in [-0.15, -0.1) is 0 Å². The second kappa shape index (κ2) is 16.0. The van der Waals surface area contributed by atoms with Gasteiger partial charge < -0.3 is 14.3 Å². The highest BCUT2D eigenvalue weighted by Gasteiger charge is 2.25. The highest BCUT2D eigenvalue weighted by atomic mass is 35.5. The summed E-state index contributed by atoms with van der Waals surface area (Å²) in [5.41, 5.74) is 0.778. The van der Waals surface area contributed by atoms with Crippen molar-refractivity contribution in [3.8, 4) is 0 Å². The Morgan fingerprint density at radius 3 is 2.00 bits per heavy atom. The maximum absolute atomic E-state index is 12.3. The Balaban J connectivity index is 2.49. The van der Waals surface area contributed by atoms with E-state index in [-0.39, 0.29) is 23.4 Å². The molecule has 1 heterocycles. The predicted octanol–water partition coefficient (Wildman–Crippen LogP) is 7.15. The molecule has 6 nitrogen and oxygen atoms in total. The number of esters is 1. The van der Waals surface area contributed by atoms with Crippen molar-refractivity contribution >= 4 is 23.7 Å². The van der Waals surface area contributed by atoms with E-state index in [1.807, 2.05) is 0 Å². The van der Waals surface area contributed by atoms with Gasteiger partial charge in [-0.25, -0.2) is 9.59 Å². The number of carbonyl (C=O) groups is 2. The highest BCUT2D eigenvalue weighted by Crippen LogP contribution is 2.26. The van der Waals surface area contributed by atoms with Crippen molar-refractivity contribution in [2.75, 3.05) is 6.61 Å². The van der Waals surface area contributed by atoms with E-state index >= 15 is 0 Å². The van der Waals surface area contributed by atoms with E-state index in [0.29, 0.717) is 6.42 Å². The molecule has 0 aromatic carbocycles. The van der Waals surface area contributed by atoms with E-state index in [4.69, 9.17) is 25.9 Å².